The maximum absolute atomic E-state index is 5.63. The third kappa shape index (κ3) is 3.96. The first-order valence-corrected chi connectivity index (χ1v) is 6.76. The van der Waals surface area contributed by atoms with Gasteiger partial charge in [0.1, 0.15) is 5.75 Å². The molecule has 0 saturated heterocycles. The van der Waals surface area contributed by atoms with E-state index in [-0.39, 0.29) is 0 Å². The van der Waals surface area contributed by atoms with Gasteiger partial charge in [-0.1, -0.05) is 17.7 Å². The molecule has 18 heavy (non-hydrogen) atoms. The number of aromatic nitrogens is 1. The maximum atomic E-state index is 5.63. The molecule has 2 rings (SSSR count). The fourth-order valence-electron chi connectivity index (χ4n) is 1.42. The minimum Gasteiger partial charge on any atom is -0.493 e. The minimum atomic E-state index is 0.666. The van der Waals surface area contributed by atoms with Crippen LogP contribution in [-0.4, -0.2) is 17.3 Å². The highest BCUT2D eigenvalue weighted by Crippen LogP contribution is 2.17. The van der Waals surface area contributed by atoms with Crippen molar-refractivity contribution in [2.75, 3.05) is 18.1 Å². The zero-order chi connectivity index (χ0) is 12.8. The predicted molar refractivity (Wildman–Crippen MR) is 76.0 cm³/mol. The van der Waals surface area contributed by atoms with Crippen LogP contribution in [0.1, 0.15) is 5.56 Å². The molecule has 0 aliphatic rings. The zero-order valence-corrected chi connectivity index (χ0v) is 11.1. The number of hydrogen-bond acceptors (Lipinski definition) is 4. The summed E-state index contributed by atoms with van der Waals surface area (Å²) in [6.07, 6.45) is 1.67. The summed E-state index contributed by atoms with van der Waals surface area (Å²) in [5.41, 5.74) is 7.50. The number of aryl methyl sites for hydroxylation is 1. The predicted octanol–water partition coefficient (Wildman–Crippen LogP) is 3.14. The molecule has 1 aromatic carbocycles. The number of anilines is 1. The second-order valence-corrected chi connectivity index (χ2v) is 5.05. The van der Waals surface area contributed by atoms with E-state index >= 15 is 0 Å². The molecular formula is C14H16N2OS. The van der Waals surface area contributed by atoms with Crippen molar-refractivity contribution >= 4 is 17.4 Å². The Morgan fingerprint density at radius 1 is 1.17 bits per heavy atom. The van der Waals surface area contributed by atoms with Crippen molar-refractivity contribution in [2.24, 2.45) is 0 Å². The lowest BCUT2D eigenvalue weighted by molar-refractivity contribution is 0.344. The number of thioether (sulfide) groups is 1. The molecule has 0 radical (unpaired) electrons. The van der Waals surface area contributed by atoms with Gasteiger partial charge >= 0.3 is 0 Å². The molecule has 0 atom stereocenters. The van der Waals surface area contributed by atoms with Gasteiger partial charge in [0.25, 0.3) is 0 Å². The number of benzene rings is 1. The molecule has 2 aromatic rings. The molecule has 0 saturated carbocycles. The van der Waals surface area contributed by atoms with Crippen LogP contribution in [0, 0.1) is 6.92 Å². The van der Waals surface area contributed by atoms with E-state index in [1.165, 1.54) is 5.56 Å². The summed E-state index contributed by atoms with van der Waals surface area (Å²) < 4.78 is 5.63. The summed E-state index contributed by atoms with van der Waals surface area (Å²) >= 11 is 1.66. The van der Waals surface area contributed by atoms with Crippen molar-refractivity contribution in [3.8, 4) is 5.75 Å². The molecule has 1 heterocycles. The van der Waals surface area contributed by atoms with Gasteiger partial charge in [0.2, 0.25) is 0 Å². The molecule has 0 unspecified atom stereocenters. The Labute approximate surface area is 111 Å². The Kier molecular flexibility index (Phi) is 4.47. The Bertz CT molecular complexity index is 435. The second-order valence-electron chi connectivity index (χ2n) is 3.94. The van der Waals surface area contributed by atoms with Crippen LogP contribution in [-0.2, 0) is 0 Å². The second kappa shape index (κ2) is 6.31. The van der Waals surface area contributed by atoms with Crippen molar-refractivity contribution in [3.63, 3.8) is 0 Å². The van der Waals surface area contributed by atoms with Gasteiger partial charge in [-0.3, -0.25) is 0 Å². The van der Waals surface area contributed by atoms with Gasteiger partial charge in [-0.15, -0.1) is 11.8 Å². The van der Waals surface area contributed by atoms with Crippen molar-refractivity contribution in [1.82, 2.24) is 4.98 Å². The molecule has 94 valence electrons. The average Bonchev–Trinajstić information content (AvgIpc) is 2.39. The lowest BCUT2D eigenvalue weighted by Crippen LogP contribution is -2.00. The first-order valence-electron chi connectivity index (χ1n) is 5.78. The van der Waals surface area contributed by atoms with Crippen LogP contribution >= 0.6 is 11.8 Å². The summed E-state index contributed by atoms with van der Waals surface area (Å²) in [6.45, 7) is 2.73. The molecular weight excluding hydrogens is 244 g/mol. The summed E-state index contributed by atoms with van der Waals surface area (Å²) in [5, 5.41) is 0.969. The Morgan fingerprint density at radius 2 is 1.94 bits per heavy atom. The van der Waals surface area contributed by atoms with Crippen LogP contribution in [0.5, 0.6) is 5.75 Å². The smallest absolute Gasteiger partial charge is 0.119 e. The van der Waals surface area contributed by atoms with Gasteiger partial charge in [0.05, 0.1) is 23.5 Å². The number of pyridine rings is 1. The maximum Gasteiger partial charge on any atom is 0.119 e. The fraction of sp³-hybridized carbons (Fsp3) is 0.214. The van der Waals surface area contributed by atoms with Crippen LogP contribution in [0.3, 0.4) is 0 Å². The van der Waals surface area contributed by atoms with Crippen LogP contribution in [0.25, 0.3) is 0 Å². The van der Waals surface area contributed by atoms with Gasteiger partial charge in [-0.2, -0.15) is 0 Å². The van der Waals surface area contributed by atoms with E-state index < -0.39 is 0 Å². The molecule has 0 spiro atoms. The monoisotopic (exact) mass is 260 g/mol. The molecule has 0 fully saturated rings. The Hall–Kier alpha value is -1.68. The first-order chi connectivity index (χ1) is 8.74. The third-order valence-corrected chi connectivity index (χ3v) is 3.29. The highest BCUT2D eigenvalue weighted by atomic mass is 32.2. The van der Waals surface area contributed by atoms with Gasteiger partial charge in [-0.25, -0.2) is 4.98 Å². The third-order valence-electron chi connectivity index (χ3n) is 2.38. The number of nitrogens with zero attached hydrogens (tertiary/aromatic N) is 1. The summed E-state index contributed by atoms with van der Waals surface area (Å²) in [5.74, 6) is 1.77. The van der Waals surface area contributed by atoms with E-state index in [1.807, 2.05) is 36.4 Å². The molecule has 0 amide bonds. The topological polar surface area (TPSA) is 48.1 Å². The lowest BCUT2D eigenvalue weighted by atomic mass is 10.2. The summed E-state index contributed by atoms with van der Waals surface area (Å²) in [6, 6.07) is 11.8. The van der Waals surface area contributed by atoms with Gasteiger partial charge < -0.3 is 10.5 Å². The van der Waals surface area contributed by atoms with Crippen LogP contribution in [0.2, 0.25) is 0 Å². The van der Waals surface area contributed by atoms with Crippen LogP contribution in [0.15, 0.2) is 47.6 Å². The first kappa shape index (κ1) is 12.8. The van der Waals surface area contributed by atoms with Crippen molar-refractivity contribution in [3.05, 3.63) is 48.2 Å². The zero-order valence-electron chi connectivity index (χ0n) is 10.3. The van der Waals surface area contributed by atoms with Crippen LogP contribution < -0.4 is 10.5 Å². The molecule has 1 aromatic heterocycles. The highest BCUT2D eigenvalue weighted by molar-refractivity contribution is 7.99. The van der Waals surface area contributed by atoms with E-state index in [4.69, 9.17) is 10.5 Å². The Balaban J connectivity index is 1.73. The van der Waals surface area contributed by atoms with Gasteiger partial charge in [-0.05, 0) is 31.2 Å². The lowest BCUT2D eigenvalue weighted by Gasteiger charge is -2.06. The van der Waals surface area contributed by atoms with E-state index in [0.29, 0.717) is 12.3 Å². The standard InChI is InChI=1S/C14H16N2OS/c1-11-2-5-13(6-3-11)17-8-9-18-14-7-4-12(15)10-16-14/h2-7,10H,8-9,15H2,1H3. The molecule has 3 nitrogen and oxygen atoms in total. The minimum absolute atomic E-state index is 0.666. The highest BCUT2D eigenvalue weighted by Gasteiger charge is 1.97. The molecule has 0 aliphatic carbocycles. The quantitative estimate of drug-likeness (QED) is 0.662. The van der Waals surface area contributed by atoms with E-state index in [1.54, 1.807) is 18.0 Å². The largest absolute Gasteiger partial charge is 0.493 e. The van der Waals surface area contributed by atoms with E-state index in [0.717, 1.165) is 16.5 Å². The number of hydrogen-bond donors (Lipinski definition) is 1. The van der Waals surface area contributed by atoms with Crippen molar-refractivity contribution < 1.29 is 4.74 Å². The molecule has 2 N–H and O–H groups in total. The number of ether oxygens (including phenoxy) is 1. The van der Waals surface area contributed by atoms with E-state index in [9.17, 15) is 0 Å². The molecule has 0 aliphatic heterocycles. The molecule has 4 heteroatoms. The number of nitrogen functional groups attached to an aromatic ring is 1. The summed E-state index contributed by atoms with van der Waals surface area (Å²) in [4.78, 5) is 4.22. The average molecular weight is 260 g/mol. The van der Waals surface area contributed by atoms with Gasteiger partial charge in [0, 0.05) is 5.75 Å². The number of rotatable bonds is 5. The van der Waals surface area contributed by atoms with E-state index in [2.05, 4.69) is 11.9 Å². The van der Waals surface area contributed by atoms with Crippen molar-refractivity contribution in [2.45, 2.75) is 11.9 Å². The van der Waals surface area contributed by atoms with Crippen molar-refractivity contribution in [1.29, 1.82) is 0 Å². The number of nitrogens with two attached hydrogens (primary N) is 1. The SMILES string of the molecule is Cc1ccc(OCCSc2ccc(N)cn2)cc1. The summed E-state index contributed by atoms with van der Waals surface area (Å²) in [7, 11) is 0. The van der Waals surface area contributed by atoms with Gasteiger partial charge in [0.15, 0.2) is 0 Å². The molecule has 0 bridgehead atoms. The Morgan fingerprint density at radius 3 is 2.61 bits per heavy atom. The fourth-order valence-corrected chi connectivity index (χ4v) is 2.08. The normalized spacial score (nSPS) is 10.3. The van der Waals surface area contributed by atoms with Crippen LogP contribution in [0.4, 0.5) is 5.69 Å².